The van der Waals surface area contributed by atoms with Crippen molar-refractivity contribution in [2.24, 2.45) is 0 Å². The van der Waals surface area contributed by atoms with Crippen LogP contribution in [0.15, 0.2) is 41.7 Å². The number of hydrogen-bond acceptors (Lipinski definition) is 5. The minimum Gasteiger partial charge on any atom is -0.376 e. The summed E-state index contributed by atoms with van der Waals surface area (Å²) in [6.45, 7) is 6.69. The summed E-state index contributed by atoms with van der Waals surface area (Å²) in [6.07, 6.45) is 4.14. The molecule has 7 heteroatoms. The second-order valence-electron chi connectivity index (χ2n) is 7.93. The lowest BCUT2D eigenvalue weighted by atomic mass is 10.1. The number of hydrogen-bond donors (Lipinski definition) is 1. The Balaban J connectivity index is 1.57. The van der Waals surface area contributed by atoms with Crippen LogP contribution in [0.25, 0.3) is 11.3 Å². The Bertz CT molecular complexity index is 1090. The number of Topliss-reactive ketones (excluding diaryl/α,β-unsaturated/α-hetero) is 2. The van der Waals surface area contributed by atoms with E-state index in [1.165, 1.54) is 18.7 Å². The molecule has 1 saturated heterocycles. The molecule has 0 bridgehead atoms. The zero-order chi connectivity index (χ0) is 22.0. The van der Waals surface area contributed by atoms with Crippen LogP contribution in [-0.4, -0.2) is 44.6 Å². The van der Waals surface area contributed by atoms with Gasteiger partial charge in [0.25, 0.3) is 0 Å². The largest absolute Gasteiger partial charge is 0.376 e. The summed E-state index contributed by atoms with van der Waals surface area (Å²) >= 11 is 1.42. The van der Waals surface area contributed by atoms with Crippen molar-refractivity contribution >= 4 is 23.3 Å². The zero-order valence-electron chi connectivity index (χ0n) is 18.1. The molecule has 1 fully saturated rings. The van der Waals surface area contributed by atoms with Gasteiger partial charge in [0.2, 0.25) is 0 Å². The van der Waals surface area contributed by atoms with Crippen LogP contribution >= 0.6 is 11.8 Å². The van der Waals surface area contributed by atoms with Crippen molar-refractivity contribution < 1.29 is 14.3 Å². The van der Waals surface area contributed by atoms with Gasteiger partial charge in [0.15, 0.2) is 16.7 Å². The lowest BCUT2D eigenvalue weighted by Crippen LogP contribution is -2.17. The van der Waals surface area contributed by atoms with Crippen molar-refractivity contribution in [3.05, 3.63) is 59.0 Å². The Morgan fingerprint density at radius 1 is 1.26 bits per heavy atom. The van der Waals surface area contributed by atoms with E-state index in [1.54, 1.807) is 0 Å². The maximum atomic E-state index is 12.9. The molecule has 1 N–H and O–H groups in total. The first-order chi connectivity index (χ1) is 15.0. The molecule has 6 nitrogen and oxygen atoms in total. The fourth-order valence-electron chi connectivity index (χ4n) is 4.24. The highest BCUT2D eigenvalue weighted by molar-refractivity contribution is 7.99. The van der Waals surface area contributed by atoms with Gasteiger partial charge in [0.1, 0.15) is 0 Å². The first-order valence-electron chi connectivity index (χ1n) is 10.5. The van der Waals surface area contributed by atoms with Crippen molar-refractivity contribution in [1.29, 1.82) is 0 Å². The van der Waals surface area contributed by atoms with Crippen LogP contribution in [0, 0.1) is 13.8 Å². The number of ketones is 2. The number of carbonyl (C=O) groups is 2. The number of thioether (sulfide) groups is 1. The maximum absolute atomic E-state index is 12.9. The topological polar surface area (TPSA) is 77.0 Å². The maximum Gasteiger partial charge on any atom is 0.189 e. The third-order valence-electron chi connectivity index (χ3n) is 5.70. The predicted molar refractivity (Wildman–Crippen MR) is 122 cm³/mol. The van der Waals surface area contributed by atoms with E-state index in [-0.39, 0.29) is 23.4 Å². The smallest absolute Gasteiger partial charge is 0.189 e. The molecule has 0 saturated carbocycles. The second-order valence-corrected chi connectivity index (χ2v) is 8.87. The van der Waals surface area contributed by atoms with Gasteiger partial charge in [-0.15, -0.1) is 0 Å². The first kappa shape index (κ1) is 21.6. The van der Waals surface area contributed by atoms with Gasteiger partial charge >= 0.3 is 0 Å². The van der Waals surface area contributed by atoms with E-state index in [0.717, 1.165) is 53.7 Å². The third-order valence-corrected chi connectivity index (χ3v) is 6.69. The molecule has 3 heterocycles. The van der Waals surface area contributed by atoms with Gasteiger partial charge in [-0.25, -0.2) is 4.98 Å². The average molecular weight is 438 g/mol. The molecular formula is C24H27N3O3S. The molecular weight excluding hydrogens is 410 g/mol. The molecule has 1 atom stereocenters. The van der Waals surface area contributed by atoms with Crippen LogP contribution in [-0.2, 0) is 11.3 Å². The molecule has 0 amide bonds. The molecule has 2 aromatic heterocycles. The van der Waals surface area contributed by atoms with Gasteiger partial charge in [-0.1, -0.05) is 42.1 Å². The highest BCUT2D eigenvalue weighted by Gasteiger charge is 2.23. The van der Waals surface area contributed by atoms with Gasteiger partial charge in [-0.2, -0.15) is 0 Å². The minimum atomic E-state index is -0.0361. The number of H-pyrrole nitrogens is 1. The van der Waals surface area contributed by atoms with Crippen LogP contribution in [0.5, 0.6) is 0 Å². The molecule has 1 aliphatic rings. The van der Waals surface area contributed by atoms with Crippen molar-refractivity contribution in [3.63, 3.8) is 0 Å². The number of imidazole rings is 1. The van der Waals surface area contributed by atoms with Crippen molar-refractivity contribution in [2.45, 2.75) is 51.4 Å². The van der Waals surface area contributed by atoms with Crippen LogP contribution in [0.1, 0.15) is 51.9 Å². The molecule has 162 valence electrons. The summed E-state index contributed by atoms with van der Waals surface area (Å²) in [7, 11) is 0. The fraction of sp³-hybridized carbons (Fsp3) is 0.375. The monoisotopic (exact) mass is 437 g/mol. The molecule has 1 unspecified atom stereocenters. The van der Waals surface area contributed by atoms with Gasteiger partial charge in [0.05, 0.1) is 36.0 Å². The molecule has 3 aromatic rings. The standard InChI is InChI=1S/C24H27N3O3S/c1-15-22(17(3)28)16(2)26-23(15)21(29)14-31-24-25-12-20(18-8-5-4-6-9-18)27(24)13-19-10-7-11-30-19/h4-6,8-9,12,19,26H,7,10-11,13-14H2,1-3H3. The lowest BCUT2D eigenvalue weighted by molar-refractivity contribution is 0.0953. The summed E-state index contributed by atoms with van der Waals surface area (Å²) in [5.41, 5.74) is 4.70. The zero-order valence-corrected chi connectivity index (χ0v) is 18.9. The van der Waals surface area contributed by atoms with E-state index in [4.69, 9.17) is 4.74 Å². The van der Waals surface area contributed by atoms with Crippen molar-refractivity contribution in [1.82, 2.24) is 14.5 Å². The van der Waals surface area contributed by atoms with Crippen molar-refractivity contribution in [2.75, 3.05) is 12.4 Å². The quantitative estimate of drug-likeness (QED) is 0.403. The molecule has 0 spiro atoms. The van der Waals surface area contributed by atoms with E-state index in [0.29, 0.717) is 11.3 Å². The summed E-state index contributed by atoms with van der Waals surface area (Å²) in [5.74, 6) is 0.179. The minimum absolute atomic E-state index is 0.0300. The molecule has 0 radical (unpaired) electrons. The Morgan fingerprint density at radius 3 is 2.68 bits per heavy atom. The number of rotatable bonds is 8. The third kappa shape index (κ3) is 4.52. The number of ether oxygens (including phenoxy) is 1. The number of aromatic amines is 1. The average Bonchev–Trinajstić information content (AvgIpc) is 3.47. The molecule has 4 rings (SSSR count). The predicted octanol–water partition coefficient (Wildman–Crippen LogP) is 4.85. The number of nitrogens with one attached hydrogen (secondary N) is 1. The number of nitrogens with zero attached hydrogens (tertiary/aromatic N) is 2. The van der Waals surface area contributed by atoms with E-state index < -0.39 is 0 Å². The number of benzene rings is 1. The highest BCUT2D eigenvalue weighted by Crippen LogP contribution is 2.29. The number of carbonyl (C=O) groups excluding carboxylic acids is 2. The van der Waals surface area contributed by atoms with E-state index in [1.807, 2.05) is 38.2 Å². The normalized spacial score (nSPS) is 16.0. The number of aromatic nitrogens is 3. The molecule has 31 heavy (non-hydrogen) atoms. The molecule has 0 aliphatic carbocycles. The van der Waals surface area contributed by atoms with Crippen LogP contribution in [0.2, 0.25) is 0 Å². The summed E-state index contributed by atoms with van der Waals surface area (Å²) in [5, 5.41) is 0.801. The number of aryl methyl sites for hydroxylation is 1. The summed E-state index contributed by atoms with van der Waals surface area (Å²) < 4.78 is 8.02. The Labute approximate surface area is 186 Å². The van der Waals surface area contributed by atoms with Crippen LogP contribution < -0.4 is 0 Å². The lowest BCUT2D eigenvalue weighted by Gasteiger charge is -2.16. The van der Waals surface area contributed by atoms with Crippen LogP contribution in [0.3, 0.4) is 0 Å². The van der Waals surface area contributed by atoms with Gasteiger partial charge in [0, 0.05) is 17.9 Å². The molecule has 1 aliphatic heterocycles. The van der Waals surface area contributed by atoms with Gasteiger partial charge in [-0.05, 0) is 44.7 Å². The van der Waals surface area contributed by atoms with Gasteiger partial charge in [-0.3, -0.25) is 9.59 Å². The highest BCUT2D eigenvalue weighted by atomic mass is 32.2. The van der Waals surface area contributed by atoms with Crippen LogP contribution in [0.4, 0.5) is 0 Å². The summed E-state index contributed by atoms with van der Waals surface area (Å²) in [6, 6.07) is 10.2. The Kier molecular flexibility index (Phi) is 6.43. The molecule has 1 aromatic carbocycles. The van der Waals surface area contributed by atoms with Crippen molar-refractivity contribution in [3.8, 4) is 11.3 Å². The fourth-order valence-corrected chi connectivity index (χ4v) is 5.10. The van der Waals surface area contributed by atoms with E-state index in [9.17, 15) is 9.59 Å². The van der Waals surface area contributed by atoms with E-state index in [2.05, 4.69) is 26.7 Å². The van der Waals surface area contributed by atoms with Gasteiger partial charge < -0.3 is 14.3 Å². The van der Waals surface area contributed by atoms with E-state index >= 15 is 0 Å². The first-order valence-corrected chi connectivity index (χ1v) is 11.5. The summed E-state index contributed by atoms with van der Waals surface area (Å²) in [4.78, 5) is 32.6. The Morgan fingerprint density at radius 2 is 2.03 bits per heavy atom. The second kappa shape index (κ2) is 9.24. The SMILES string of the molecule is CC(=O)c1c(C)[nH]c(C(=O)CSc2ncc(-c3ccccc3)n2CC2CCCO2)c1C. The Hall–Kier alpha value is -2.64.